The zero-order chi connectivity index (χ0) is 40.3. The summed E-state index contributed by atoms with van der Waals surface area (Å²) < 4.78 is 245. The van der Waals surface area contributed by atoms with Gasteiger partial charge < -0.3 is 0 Å². The number of nitrogens with zero attached hydrogens (tertiary/aromatic N) is 8. The monoisotopic (exact) mass is 608 g/mol. The van der Waals surface area contributed by atoms with Crippen LogP contribution in [0, 0.1) is 0 Å². The smallest absolute Gasteiger partial charge is 0.217 e. The number of rotatable bonds is 0. The van der Waals surface area contributed by atoms with E-state index in [-0.39, 0.29) is 19.6 Å². The van der Waals surface area contributed by atoms with Crippen LogP contribution in [0.1, 0.15) is 21.9 Å². The molecule has 0 radical (unpaired) electrons. The van der Waals surface area contributed by atoms with E-state index in [1.807, 2.05) is 0 Å². The van der Waals surface area contributed by atoms with Crippen molar-refractivity contribution in [2.45, 2.75) is 0 Å². The number of hydrogen-bond donors (Lipinski definition) is 0. The van der Waals surface area contributed by atoms with Gasteiger partial charge in [0.05, 0.1) is 97.9 Å². The zero-order valence-corrected chi connectivity index (χ0v) is 21.4. The molecule has 5 rings (SSSR count). The summed E-state index contributed by atoms with van der Waals surface area (Å²) in [5, 5.41) is 0. The Morgan fingerprint density at radius 1 is 0.361 bits per heavy atom. The summed E-state index contributed by atoms with van der Waals surface area (Å²) in [6, 6.07) is 0. The molecule has 0 amide bonds. The molecule has 5 heterocycles. The SMILES string of the molecule is [2H]C1([2H])N2CCS(=O)(=O)N(C2([2H])[2H])C([2H])([2H])N2C([2H])([2H])N(CCS2(=O)=O)C([2H])([2H])N2CCS(=O)(=O)N(C2([2H])[2H])C([2H])([2H])N2C([2H])([2H])N1CCS2(=O)=O. The lowest BCUT2D eigenvalue weighted by Crippen LogP contribution is -2.63. The third-order valence-electron chi connectivity index (χ3n) is 5.10. The first kappa shape index (κ1) is 13.7. The minimum atomic E-state index is -5.47. The van der Waals surface area contributed by atoms with Gasteiger partial charge in [0.1, 0.15) is 0 Å². The molecule has 0 aromatic rings. The molecule has 36 heavy (non-hydrogen) atoms. The minimum absolute atomic E-state index is 0.198. The molecule has 8 unspecified atom stereocenters. The summed E-state index contributed by atoms with van der Waals surface area (Å²) in [6.45, 7) is -38.7. The normalized spacial score (nSPS) is 63.6. The van der Waals surface area contributed by atoms with Gasteiger partial charge in [-0.3, -0.25) is 19.6 Å². The molecule has 0 aliphatic carbocycles. The van der Waals surface area contributed by atoms with Gasteiger partial charge in [-0.05, 0) is 0 Å². The van der Waals surface area contributed by atoms with Crippen LogP contribution in [0.25, 0.3) is 0 Å². The molecule has 8 atom stereocenters. The molecule has 5 fully saturated rings. The maximum atomic E-state index is 13.5. The summed E-state index contributed by atoms with van der Waals surface area (Å²) in [5.41, 5.74) is 0. The van der Waals surface area contributed by atoms with Crippen molar-refractivity contribution < 1.29 is 55.6 Å². The second kappa shape index (κ2) is 9.59. The quantitative estimate of drug-likeness (QED) is 0.259. The Balaban J connectivity index is 1.93. The van der Waals surface area contributed by atoms with E-state index in [1.165, 1.54) is 0 Å². The van der Waals surface area contributed by atoms with E-state index in [1.54, 1.807) is 0 Å². The van der Waals surface area contributed by atoms with Gasteiger partial charge in [-0.25, -0.2) is 33.7 Å². The standard InChI is InChI=1S/C16H32N8O8S4/c25-33(26)5-1-17-9-18-2-6-34(27,28)22(12-18)16-24-14-20(4-8-36(24,31)32)10-19-3-7-35(29,30)23(13-19)15-21(33)11-17/h1-16H2/i9D2,10D2,11D2,12D2,13D2,14D2,15D2,16D2. The van der Waals surface area contributed by atoms with Crippen molar-refractivity contribution >= 4 is 40.1 Å². The van der Waals surface area contributed by atoms with Crippen LogP contribution in [0.2, 0.25) is 0 Å². The Labute approximate surface area is 235 Å². The summed E-state index contributed by atoms with van der Waals surface area (Å²) in [4.78, 5) is -0.793. The fraction of sp³-hybridized carbons (Fsp3) is 1.00. The fourth-order valence-corrected chi connectivity index (χ4v) is 7.37. The van der Waals surface area contributed by atoms with Crippen molar-refractivity contribution in [2.24, 2.45) is 0 Å². The van der Waals surface area contributed by atoms with Gasteiger partial charge >= 0.3 is 0 Å². The van der Waals surface area contributed by atoms with Crippen LogP contribution in [0.4, 0.5) is 0 Å². The van der Waals surface area contributed by atoms with Crippen molar-refractivity contribution in [3.8, 4) is 0 Å². The van der Waals surface area contributed by atoms with E-state index in [9.17, 15) is 33.7 Å². The average Bonchev–Trinajstić information content (AvgIpc) is 2.82. The first-order chi connectivity index (χ1) is 22.8. The third kappa shape index (κ3) is 5.59. The van der Waals surface area contributed by atoms with Crippen LogP contribution in [0.15, 0.2) is 0 Å². The van der Waals surface area contributed by atoms with Gasteiger partial charge in [-0.15, -0.1) is 0 Å². The lowest BCUT2D eigenvalue weighted by Gasteiger charge is -2.45. The molecule has 0 spiro atoms. The lowest BCUT2D eigenvalue weighted by atomic mass is 10.5. The van der Waals surface area contributed by atoms with Crippen molar-refractivity contribution in [3.05, 3.63) is 0 Å². The maximum Gasteiger partial charge on any atom is 0.217 e. The molecular weight excluding hydrogens is 560 g/mol. The highest BCUT2D eigenvalue weighted by atomic mass is 32.2. The van der Waals surface area contributed by atoms with Crippen LogP contribution in [0.3, 0.4) is 0 Å². The van der Waals surface area contributed by atoms with Gasteiger partial charge in [0, 0.05) is 26.2 Å². The number of fused-ring (bicyclic) bond motifs is 8. The minimum Gasteiger partial charge on any atom is -0.275 e. The van der Waals surface area contributed by atoms with E-state index in [4.69, 9.17) is 21.9 Å². The van der Waals surface area contributed by atoms with Gasteiger partial charge in [-0.1, -0.05) is 0 Å². The van der Waals surface area contributed by atoms with Gasteiger partial charge in [0.15, 0.2) is 0 Å². The summed E-state index contributed by atoms with van der Waals surface area (Å²) >= 11 is 0. The first-order valence-electron chi connectivity index (χ1n) is 18.1. The third-order valence-corrected chi connectivity index (χ3v) is 10.8. The van der Waals surface area contributed by atoms with Gasteiger partial charge in [0.25, 0.3) is 0 Å². The van der Waals surface area contributed by atoms with E-state index in [0.29, 0.717) is 0 Å². The molecule has 20 heteroatoms. The Hall–Kier alpha value is -0.520. The predicted molar refractivity (Wildman–Crippen MR) is 128 cm³/mol. The van der Waals surface area contributed by atoms with Crippen LogP contribution >= 0.6 is 0 Å². The number of hydrogen-bond acceptors (Lipinski definition) is 12. The van der Waals surface area contributed by atoms with Crippen molar-refractivity contribution in [2.75, 3.05) is 102 Å². The van der Waals surface area contributed by atoms with Crippen molar-refractivity contribution in [1.82, 2.24) is 36.8 Å². The van der Waals surface area contributed by atoms with Crippen LogP contribution in [0.5, 0.6) is 0 Å². The number of sulfonamides is 4. The van der Waals surface area contributed by atoms with Crippen LogP contribution in [-0.4, -0.2) is 173 Å². The molecule has 5 aliphatic heterocycles. The Morgan fingerprint density at radius 2 is 0.583 bits per heavy atom. The Morgan fingerprint density at radius 3 is 0.806 bits per heavy atom. The van der Waals surface area contributed by atoms with E-state index >= 15 is 0 Å². The molecule has 5 aliphatic rings. The molecule has 8 bridgehead atoms. The van der Waals surface area contributed by atoms with E-state index < -0.39 is 159 Å². The predicted octanol–water partition coefficient (Wildman–Crippen LogP) is -4.55. The molecule has 208 valence electrons. The van der Waals surface area contributed by atoms with E-state index in [0.717, 1.165) is 0 Å². The molecule has 0 aromatic carbocycles. The molecular formula is C16H32N8O8S4. The summed E-state index contributed by atoms with van der Waals surface area (Å²) in [7, 11) is -21.9. The van der Waals surface area contributed by atoms with Crippen molar-refractivity contribution in [1.29, 1.82) is 0 Å². The van der Waals surface area contributed by atoms with Crippen molar-refractivity contribution in [3.63, 3.8) is 0 Å². The highest BCUT2D eigenvalue weighted by molar-refractivity contribution is 7.90. The Kier molecular flexibility index (Phi) is 3.65. The summed E-state index contributed by atoms with van der Waals surface area (Å²) in [5.74, 6) is -5.86. The van der Waals surface area contributed by atoms with Crippen LogP contribution < -0.4 is 0 Å². The lowest BCUT2D eigenvalue weighted by molar-refractivity contribution is 0.0249. The molecule has 5 saturated heterocycles. The van der Waals surface area contributed by atoms with Gasteiger partial charge in [0.2, 0.25) is 40.1 Å². The Bertz CT molecular complexity index is 1700. The maximum absolute atomic E-state index is 13.5. The molecule has 0 N–H and O–H groups in total. The first-order valence-corrected chi connectivity index (χ1v) is 16.5. The summed E-state index contributed by atoms with van der Waals surface area (Å²) in [6.07, 6.45) is 0. The largest absolute Gasteiger partial charge is 0.275 e. The molecule has 0 saturated carbocycles. The molecule has 16 nitrogen and oxygen atoms in total. The topological polar surface area (TPSA) is 162 Å². The highest BCUT2D eigenvalue weighted by Crippen LogP contribution is 2.22. The average molecular weight is 609 g/mol. The highest BCUT2D eigenvalue weighted by Gasteiger charge is 2.41. The second-order valence-electron chi connectivity index (χ2n) is 7.73. The van der Waals surface area contributed by atoms with Gasteiger partial charge in [-0.2, -0.15) is 17.2 Å². The second-order valence-corrected chi connectivity index (χ2v) is 15.5. The zero-order valence-electron chi connectivity index (χ0n) is 34.1. The van der Waals surface area contributed by atoms with Crippen LogP contribution in [-0.2, 0) is 40.1 Å². The van der Waals surface area contributed by atoms with E-state index in [2.05, 4.69) is 0 Å². The fourth-order valence-electron chi connectivity index (χ4n) is 3.16. The molecule has 0 aromatic heterocycles.